The van der Waals surface area contributed by atoms with E-state index in [4.69, 9.17) is 4.74 Å². The number of hydrogen-bond acceptors (Lipinski definition) is 5. The zero-order chi connectivity index (χ0) is 18.5. The van der Waals surface area contributed by atoms with E-state index in [0.29, 0.717) is 6.61 Å². The van der Waals surface area contributed by atoms with Gasteiger partial charge >= 0.3 is 6.03 Å². The van der Waals surface area contributed by atoms with Gasteiger partial charge in [-0.1, -0.05) is 0 Å². The molecule has 2 aromatic rings. The summed E-state index contributed by atoms with van der Waals surface area (Å²) in [6, 6.07) is 4.09. The molecule has 26 heavy (non-hydrogen) atoms. The van der Waals surface area contributed by atoms with Crippen molar-refractivity contribution < 1.29 is 9.53 Å². The second kappa shape index (κ2) is 8.27. The fourth-order valence-electron chi connectivity index (χ4n) is 3.39. The molecule has 3 rings (SSSR count). The highest BCUT2D eigenvalue weighted by Crippen LogP contribution is 2.25. The minimum Gasteiger partial charge on any atom is -0.385 e. The SMILES string of the molecule is COCCC1CCCCN1C(=O)Nc1cc(-n2cnnn2)cc(C)c1C. The van der Waals surface area contributed by atoms with E-state index in [1.165, 1.54) is 0 Å². The van der Waals surface area contributed by atoms with E-state index >= 15 is 0 Å². The van der Waals surface area contributed by atoms with Gasteiger partial charge < -0.3 is 15.0 Å². The Morgan fingerprint density at radius 3 is 2.92 bits per heavy atom. The predicted octanol–water partition coefficient (Wildman–Crippen LogP) is 2.70. The predicted molar refractivity (Wildman–Crippen MR) is 98.5 cm³/mol. The first-order valence-electron chi connectivity index (χ1n) is 9.01. The largest absolute Gasteiger partial charge is 0.385 e. The molecule has 140 valence electrons. The van der Waals surface area contributed by atoms with Crippen LogP contribution < -0.4 is 5.32 Å². The number of aromatic nitrogens is 4. The number of urea groups is 1. The fourth-order valence-corrected chi connectivity index (χ4v) is 3.39. The smallest absolute Gasteiger partial charge is 0.322 e. The van der Waals surface area contributed by atoms with Crippen molar-refractivity contribution in [1.82, 2.24) is 25.1 Å². The summed E-state index contributed by atoms with van der Waals surface area (Å²) in [6.45, 7) is 5.47. The van der Waals surface area contributed by atoms with E-state index in [-0.39, 0.29) is 12.1 Å². The lowest BCUT2D eigenvalue weighted by molar-refractivity contribution is 0.123. The van der Waals surface area contributed by atoms with Crippen molar-refractivity contribution in [3.05, 3.63) is 29.6 Å². The van der Waals surface area contributed by atoms with Crippen molar-refractivity contribution >= 4 is 11.7 Å². The second-order valence-electron chi connectivity index (χ2n) is 6.74. The van der Waals surface area contributed by atoms with Crippen LogP contribution in [0.1, 0.15) is 36.8 Å². The van der Waals surface area contributed by atoms with Gasteiger partial charge in [-0.2, -0.15) is 0 Å². The lowest BCUT2D eigenvalue weighted by Gasteiger charge is -2.36. The summed E-state index contributed by atoms with van der Waals surface area (Å²) in [4.78, 5) is 14.9. The number of hydrogen-bond donors (Lipinski definition) is 1. The number of piperidine rings is 1. The summed E-state index contributed by atoms with van der Waals surface area (Å²) in [6.07, 6.45) is 5.64. The summed E-state index contributed by atoms with van der Waals surface area (Å²) >= 11 is 0. The van der Waals surface area contributed by atoms with E-state index in [2.05, 4.69) is 20.8 Å². The van der Waals surface area contributed by atoms with Crippen LogP contribution in [0.15, 0.2) is 18.5 Å². The number of methoxy groups -OCH3 is 1. The Kier molecular flexibility index (Phi) is 5.82. The Hall–Kier alpha value is -2.48. The van der Waals surface area contributed by atoms with Crippen molar-refractivity contribution in [2.75, 3.05) is 25.6 Å². The van der Waals surface area contributed by atoms with Crippen LogP contribution in [0.4, 0.5) is 10.5 Å². The highest BCUT2D eigenvalue weighted by atomic mass is 16.5. The Morgan fingerprint density at radius 1 is 1.35 bits per heavy atom. The molecule has 0 spiro atoms. The molecule has 1 aliphatic heterocycles. The normalized spacial score (nSPS) is 17.3. The number of ether oxygens (including phenoxy) is 1. The Morgan fingerprint density at radius 2 is 2.19 bits per heavy atom. The summed E-state index contributed by atoms with van der Waals surface area (Å²) in [5, 5.41) is 14.4. The molecule has 1 fully saturated rings. The molecule has 8 nitrogen and oxygen atoms in total. The zero-order valence-corrected chi connectivity index (χ0v) is 15.6. The Balaban J connectivity index is 1.79. The standard InChI is InChI=1S/C18H26N6O2/c1-13-10-16(24-12-19-21-22-24)11-17(14(13)2)20-18(25)23-8-5-4-6-15(23)7-9-26-3/h10-12,15H,4-9H2,1-3H3,(H,20,25). The molecule has 0 radical (unpaired) electrons. The molecule has 1 unspecified atom stereocenters. The number of nitrogens with zero attached hydrogens (tertiary/aromatic N) is 5. The molecular formula is C18H26N6O2. The number of carbonyl (C=O) groups is 1. The summed E-state index contributed by atoms with van der Waals surface area (Å²) in [5.74, 6) is 0. The number of rotatable bonds is 5. The number of nitrogens with one attached hydrogen (secondary N) is 1. The highest BCUT2D eigenvalue weighted by molar-refractivity contribution is 5.91. The van der Waals surface area contributed by atoms with Crippen LogP contribution in [0.3, 0.4) is 0 Å². The van der Waals surface area contributed by atoms with Crippen molar-refractivity contribution in [3.8, 4) is 5.69 Å². The van der Waals surface area contributed by atoms with Gasteiger partial charge in [-0.3, -0.25) is 0 Å². The van der Waals surface area contributed by atoms with Crippen LogP contribution in [0.2, 0.25) is 0 Å². The number of amides is 2. The van der Waals surface area contributed by atoms with Crippen LogP contribution in [-0.4, -0.2) is 57.4 Å². The maximum absolute atomic E-state index is 12.9. The van der Waals surface area contributed by atoms with E-state index in [9.17, 15) is 4.79 Å². The monoisotopic (exact) mass is 358 g/mol. The first kappa shape index (κ1) is 18.3. The van der Waals surface area contributed by atoms with E-state index in [1.54, 1.807) is 18.1 Å². The lowest BCUT2D eigenvalue weighted by atomic mass is 10.00. The highest BCUT2D eigenvalue weighted by Gasteiger charge is 2.26. The molecule has 0 aliphatic carbocycles. The minimum atomic E-state index is -0.0535. The van der Waals surface area contributed by atoms with Gasteiger partial charge in [0, 0.05) is 32.0 Å². The average Bonchev–Trinajstić information content (AvgIpc) is 3.18. The van der Waals surface area contributed by atoms with Crippen LogP contribution in [0.5, 0.6) is 0 Å². The maximum atomic E-state index is 12.9. The van der Waals surface area contributed by atoms with Gasteiger partial charge in [-0.05, 0) is 73.2 Å². The lowest BCUT2D eigenvalue weighted by Crippen LogP contribution is -2.46. The summed E-state index contributed by atoms with van der Waals surface area (Å²) < 4.78 is 6.79. The fraction of sp³-hybridized carbons (Fsp3) is 0.556. The Bertz CT molecular complexity index is 746. The molecule has 1 aliphatic rings. The number of tetrazole rings is 1. The molecule has 1 atom stereocenters. The third-order valence-electron chi connectivity index (χ3n) is 5.05. The first-order valence-corrected chi connectivity index (χ1v) is 9.01. The number of benzene rings is 1. The molecule has 1 N–H and O–H groups in total. The van der Waals surface area contributed by atoms with Crippen molar-refractivity contribution in [2.24, 2.45) is 0 Å². The van der Waals surface area contributed by atoms with Crippen molar-refractivity contribution in [2.45, 2.75) is 45.6 Å². The van der Waals surface area contributed by atoms with Gasteiger partial charge in [0.1, 0.15) is 6.33 Å². The summed E-state index contributed by atoms with van der Waals surface area (Å²) in [7, 11) is 1.70. The number of carbonyl (C=O) groups excluding carboxylic acids is 1. The van der Waals surface area contributed by atoms with Gasteiger partial charge in [0.2, 0.25) is 0 Å². The topological polar surface area (TPSA) is 85.2 Å². The van der Waals surface area contributed by atoms with Gasteiger partial charge in [0.25, 0.3) is 0 Å². The summed E-state index contributed by atoms with van der Waals surface area (Å²) in [5.41, 5.74) is 3.73. The quantitative estimate of drug-likeness (QED) is 0.888. The molecule has 1 aromatic carbocycles. The molecule has 0 saturated carbocycles. The van der Waals surface area contributed by atoms with Crippen LogP contribution in [0, 0.1) is 13.8 Å². The zero-order valence-electron chi connectivity index (χ0n) is 15.6. The average molecular weight is 358 g/mol. The molecule has 0 bridgehead atoms. The molecule has 8 heteroatoms. The van der Waals surface area contributed by atoms with Gasteiger partial charge in [0.05, 0.1) is 5.69 Å². The second-order valence-corrected chi connectivity index (χ2v) is 6.74. The van der Waals surface area contributed by atoms with Crippen LogP contribution in [0.25, 0.3) is 5.69 Å². The van der Waals surface area contributed by atoms with Crippen molar-refractivity contribution in [3.63, 3.8) is 0 Å². The molecule has 2 heterocycles. The van der Waals surface area contributed by atoms with Crippen LogP contribution >= 0.6 is 0 Å². The van der Waals surface area contributed by atoms with E-state index < -0.39 is 0 Å². The Labute approximate surface area is 153 Å². The number of anilines is 1. The maximum Gasteiger partial charge on any atom is 0.322 e. The first-order chi connectivity index (χ1) is 12.6. The third kappa shape index (κ3) is 4.01. The molecular weight excluding hydrogens is 332 g/mol. The van der Waals surface area contributed by atoms with E-state index in [1.807, 2.05) is 30.9 Å². The van der Waals surface area contributed by atoms with Crippen molar-refractivity contribution in [1.29, 1.82) is 0 Å². The number of aryl methyl sites for hydroxylation is 1. The third-order valence-corrected chi connectivity index (χ3v) is 5.05. The van der Waals surface area contributed by atoms with Gasteiger partial charge in [0.15, 0.2) is 0 Å². The van der Waals surface area contributed by atoms with Gasteiger partial charge in [-0.25, -0.2) is 9.48 Å². The minimum absolute atomic E-state index is 0.0535. The molecule has 2 amide bonds. The molecule has 1 saturated heterocycles. The molecule has 1 aromatic heterocycles. The van der Waals surface area contributed by atoms with E-state index in [0.717, 1.165) is 54.7 Å². The number of likely N-dealkylation sites (tertiary alicyclic amines) is 1. The van der Waals surface area contributed by atoms with Crippen LogP contribution in [-0.2, 0) is 4.74 Å². The van der Waals surface area contributed by atoms with Gasteiger partial charge in [-0.15, -0.1) is 5.10 Å².